The van der Waals surface area contributed by atoms with E-state index < -0.39 is 0 Å². The lowest BCUT2D eigenvalue weighted by molar-refractivity contribution is 0.404. The summed E-state index contributed by atoms with van der Waals surface area (Å²) in [6.45, 7) is 4.72. The van der Waals surface area contributed by atoms with Gasteiger partial charge >= 0.3 is 0 Å². The number of methoxy groups -OCH3 is 2. The Hall–Kier alpha value is -1.88. The zero-order valence-electron chi connectivity index (χ0n) is 13.0. The van der Waals surface area contributed by atoms with Crippen LogP contribution in [0.2, 0.25) is 5.02 Å². The standard InChI is InChI=1S/C15H20ClN3O2/c1-9-11(10(2)19(3)18-9)8-17-13-7-14(20-4)12(16)6-15(13)21-5/h6-7,17H,8H2,1-5H3. The van der Waals surface area contributed by atoms with Crippen LogP contribution in [-0.2, 0) is 13.6 Å². The number of rotatable bonds is 5. The molecule has 1 heterocycles. The fraction of sp³-hybridized carbons (Fsp3) is 0.400. The van der Waals surface area contributed by atoms with Crippen molar-refractivity contribution >= 4 is 17.3 Å². The summed E-state index contributed by atoms with van der Waals surface area (Å²) in [5.41, 5.74) is 4.16. The predicted molar refractivity (Wildman–Crippen MR) is 84.6 cm³/mol. The second kappa shape index (κ2) is 6.26. The van der Waals surface area contributed by atoms with Gasteiger partial charge in [-0.3, -0.25) is 4.68 Å². The normalized spacial score (nSPS) is 10.6. The third kappa shape index (κ3) is 3.08. The van der Waals surface area contributed by atoms with Gasteiger partial charge in [-0.05, 0) is 13.8 Å². The third-order valence-corrected chi connectivity index (χ3v) is 3.88. The van der Waals surface area contributed by atoms with Crippen molar-refractivity contribution in [3.05, 3.63) is 34.1 Å². The molecule has 0 aliphatic heterocycles. The first-order chi connectivity index (χ1) is 9.97. The van der Waals surface area contributed by atoms with E-state index in [0.29, 0.717) is 23.1 Å². The van der Waals surface area contributed by atoms with Crippen molar-refractivity contribution in [1.29, 1.82) is 0 Å². The number of aromatic nitrogens is 2. The summed E-state index contributed by atoms with van der Waals surface area (Å²) in [5.74, 6) is 1.29. The maximum Gasteiger partial charge on any atom is 0.143 e. The van der Waals surface area contributed by atoms with Gasteiger partial charge in [-0.1, -0.05) is 11.6 Å². The van der Waals surface area contributed by atoms with E-state index in [1.54, 1.807) is 20.3 Å². The van der Waals surface area contributed by atoms with Gasteiger partial charge < -0.3 is 14.8 Å². The van der Waals surface area contributed by atoms with Crippen LogP contribution < -0.4 is 14.8 Å². The molecular weight excluding hydrogens is 290 g/mol. The summed E-state index contributed by atoms with van der Waals surface area (Å²) in [4.78, 5) is 0. The molecule has 0 radical (unpaired) electrons. The second-order valence-corrected chi connectivity index (χ2v) is 5.22. The van der Waals surface area contributed by atoms with E-state index in [4.69, 9.17) is 21.1 Å². The molecule has 114 valence electrons. The van der Waals surface area contributed by atoms with Gasteiger partial charge in [0.05, 0.1) is 30.6 Å². The number of anilines is 1. The summed E-state index contributed by atoms with van der Waals surface area (Å²) in [6, 6.07) is 3.58. The monoisotopic (exact) mass is 309 g/mol. The predicted octanol–water partition coefficient (Wildman–Crippen LogP) is 3.32. The molecule has 1 aromatic carbocycles. The van der Waals surface area contributed by atoms with Crippen molar-refractivity contribution in [2.75, 3.05) is 19.5 Å². The topological polar surface area (TPSA) is 48.3 Å². The van der Waals surface area contributed by atoms with Gasteiger partial charge in [-0.15, -0.1) is 0 Å². The number of aryl methyl sites for hydroxylation is 2. The van der Waals surface area contributed by atoms with Crippen LogP contribution in [0.5, 0.6) is 11.5 Å². The van der Waals surface area contributed by atoms with Crippen molar-refractivity contribution in [2.45, 2.75) is 20.4 Å². The Morgan fingerprint density at radius 3 is 2.38 bits per heavy atom. The minimum absolute atomic E-state index is 0.522. The van der Waals surface area contributed by atoms with E-state index in [-0.39, 0.29) is 0 Å². The van der Waals surface area contributed by atoms with Crippen LogP contribution >= 0.6 is 11.6 Å². The highest BCUT2D eigenvalue weighted by atomic mass is 35.5. The molecule has 0 spiro atoms. The number of hydrogen-bond donors (Lipinski definition) is 1. The number of benzene rings is 1. The molecule has 0 aliphatic carbocycles. The molecule has 0 unspecified atom stereocenters. The Balaban J connectivity index is 2.27. The molecule has 2 rings (SSSR count). The van der Waals surface area contributed by atoms with Crippen molar-refractivity contribution in [1.82, 2.24) is 9.78 Å². The first-order valence-electron chi connectivity index (χ1n) is 6.62. The summed E-state index contributed by atoms with van der Waals surface area (Å²) in [7, 11) is 5.15. The second-order valence-electron chi connectivity index (χ2n) is 4.81. The minimum atomic E-state index is 0.522. The van der Waals surface area contributed by atoms with Gasteiger partial charge in [0.2, 0.25) is 0 Å². The van der Waals surface area contributed by atoms with Gasteiger partial charge in [0.1, 0.15) is 11.5 Å². The number of halogens is 1. The fourth-order valence-electron chi connectivity index (χ4n) is 2.26. The number of nitrogens with one attached hydrogen (secondary N) is 1. The molecule has 0 fully saturated rings. The Morgan fingerprint density at radius 1 is 1.19 bits per heavy atom. The summed E-state index contributed by atoms with van der Waals surface area (Å²) in [6.07, 6.45) is 0. The molecule has 6 heteroatoms. The van der Waals surface area contributed by atoms with Gasteiger partial charge in [-0.25, -0.2) is 0 Å². The van der Waals surface area contributed by atoms with E-state index in [2.05, 4.69) is 17.3 Å². The quantitative estimate of drug-likeness (QED) is 0.920. The van der Waals surface area contributed by atoms with Crippen LogP contribution in [0.25, 0.3) is 0 Å². The average Bonchev–Trinajstić information content (AvgIpc) is 2.70. The molecule has 0 aliphatic rings. The van der Waals surface area contributed by atoms with E-state index in [1.807, 2.05) is 24.7 Å². The highest BCUT2D eigenvalue weighted by Crippen LogP contribution is 2.36. The number of nitrogens with zero attached hydrogens (tertiary/aromatic N) is 2. The van der Waals surface area contributed by atoms with E-state index in [9.17, 15) is 0 Å². The lowest BCUT2D eigenvalue weighted by Gasteiger charge is -2.14. The Morgan fingerprint density at radius 2 is 1.86 bits per heavy atom. The molecule has 5 nitrogen and oxygen atoms in total. The largest absolute Gasteiger partial charge is 0.495 e. The number of ether oxygens (including phenoxy) is 2. The van der Waals surface area contributed by atoms with Gasteiger partial charge in [-0.2, -0.15) is 5.10 Å². The zero-order valence-corrected chi connectivity index (χ0v) is 13.7. The maximum absolute atomic E-state index is 6.11. The Kier molecular flexibility index (Phi) is 4.63. The summed E-state index contributed by atoms with van der Waals surface area (Å²) < 4.78 is 12.5. The molecule has 0 atom stereocenters. The van der Waals surface area contributed by atoms with Crippen LogP contribution in [0.1, 0.15) is 17.0 Å². The van der Waals surface area contributed by atoms with Gasteiger partial charge in [0, 0.05) is 37.0 Å². The lowest BCUT2D eigenvalue weighted by atomic mass is 10.2. The molecular formula is C15H20ClN3O2. The molecule has 1 aromatic heterocycles. The average molecular weight is 310 g/mol. The van der Waals surface area contributed by atoms with Crippen LogP contribution in [0.4, 0.5) is 5.69 Å². The van der Waals surface area contributed by atoms with Crippen molar-refractivity contribution in [3.63, 3.8) is 0 Å². The molecule has 2 aromatic rings. The fourth-order valence-corrected chi connectivity index (χ4v) is 2.49. The first kappa shape index (κ1) is 15.5. The van der Waals surface area contributed by atoms with Crippen LogP contribution in [0.15, 0.2) is 12.1 Å². The highest BCUT2D eigenvalue weighted by Gasteiger charge is 2.13. The molecule has 0 bridgehead atoms. The van der Waals surface area contributed by atoms with Crippen LogP contribution in [0.3, 0.4) is 0 Å². The van der Waals surface area contributed by atoms with Crippen molar-refractivity contribution in [3.8, 4) is 11.5 Å². The molecule has 1 N–H and O–H groups in total. The van der Waals surface area contributed by atoms with Crippen molar-refractivity contribution in [2.24, 2.45) is 7.05 Å². The third-order valence-electron chi connectivity index (χ3n) is 3.59. The highest BCUT2D eigenvalue weighted by molar-refractivity contribution is 6.32. The van der Waals surface area contributed by atoms with Gasteiger partial charge in [0.15, 0.2) is 0 Å². The molecule has 0 saturated carbocycles. The van der Waals surface area contributed by atoms with Gasteiger partial charge in [0.25, 0.3) is 0 Å². The minimum Gasteiger partial charge on any atom is -0.495 e. The lowest BCUT2D eigenvalue weighted by Crippen LogP contribution is -2.04. The summed E-state index contributed by atoms with van der Waals surface area (Å²) in [5, 5.41) is 8.30. The molecule has 0 amide bonds. The Labute approximate surface area is 129 Å². The first-order valence-corrected chi connectivity index (χ1v) is 7.00. The number of hydrogen-bond acceptors (Lipinski definition) is 4. The van der Waals surface area contributed by atoms with E-state index in [0.717, 1.165) is 17.1 Å². The van der Waals surface area contributed by atoms with E-state index in [1.165, 1.54) is 5.56 Å². The SMILES string of the molecule is COc1cc(NCc2c(C)nn(C)c2C)c(OC)cc1Cl. The van der Waals surface area contributed by atoms with E-state index >= 15 is 0 Å². The maximum atomic E-state index is 6.11. The molecule has 0 saturated heterocycles. The summed E-state index contributed by atoms with van der Waals surface area (Å²) >= 11 is 6.11. The zero-order chi connectivity index (χ0) is 15.6. The van der Waals surface area contributed by atoms with Crippen molar-refractivity contribution < 1.29 is 9.47 Å². The Bertz CT molecular complexity index is 653. The van der Waals surface area contributed by atoms with Crippen LogP contribution in [0, 0.1) is 13.8 Å². The smallest absolute Gasteiger partial charge is 0.143 e. The van der Waals surface area contributed by atoms with Crippen LogP contribution in [-0.4, -0.2) is 24.0 Å². The molecule has 21 heavy (non-hydrogen) atoms.